The van der Waals surface area contributed by atoms with Crippen molar-refractivity contribution in [3.05, 3.63) is 10.4 Å². The first-order chi connectivity index (χ1) is 4.74. The van der Waals surface area contributed by atoms with Gasteiger partial charge in [0.05, 0.1) is 0 Å². The van der Waals surface area contributed by atoms with Gasteiger partial charge in [-0.1, -0.05) is 12.0 Å². The summed E-state index contributed by atoms with van der Waals surface area (Å²) in [6.45, 7) is 2.09. The molecule has 10 heavy (non-hydrogen) atoms. The van der Waals surface area contributed by atoms with E-state index >= 15 is 0 Å². The van der Waals surface area contributed by atoms with Crippen molar-refractivity contribution >= 4 is 0 Å². The Bertz CT molecular complexity index is 151. The number of nitrogens with two attached hydrogens (primary N) is 1. The highest BCUT2D eigenvalue weighted by Crippen LogP contribution is 2.26. The van der Waals surface area contributed by atoms with Crippen LogP contribution < -0.4 is 5.73 Å². The summed E-state index contributed by atoms with van der Waals surface area (Å²) in [5, 5.41) is 3.62. The fraction of sp³-hybridized carbons (Fsp3) is 1.00. The fourth-order valence-corrected chi connectivity index (χ4v) is 1.41. The van der Waals surface area contributed by atoms with E-state index in [0.29, 0.717) is 5.92 Å². The number of nitrogens with zero attached hydrogens (tertiary/aromatic N) is 3. The predicted octanol–water partition coefficient (Wildman–Crippen LogP) is 1.42. The molecule has 0 aliphatic heterocycles. The van der Waals surface area contributed by atoms with Gasteiger partial charge >= 0.3 is 0 Å². The molecule has 0 unspecified atom stereocenters. The van der Waals surface area contributed by atoms with E-state index in [-0.39, 0.29) is 12.1 Å². The van der Waals surface area contributed by atoms with Crippen molar-refractivity contribution in [1.82, 2.24) is 0 Å². The lowest BCUT2D eigenvalue weighted by molar-refractivity contribution is 0.526. The zero-order valence-electron chi connectivity index (χ0n) is 6.07. The lowest BCUT2D eigenvalue weighted by Crippen LogP contribution is -2.22. The maximum atomic E-state index is 8.12. The fourth-order valence-electron chi connectivity index (χ4n) is 1.41. The molecule has 1 aliphatic carbocycles. The molecule has 0 radical (unpaired) electrons. The quantitative estimate of drug-likeness (QED) is 0.334. The molecule has 1 saturated carbocycles. The van der Waals surface area contributed by atoms with Crippen LogP contribution in [-0.4, -0.2) is 12.1 Å². The number of rotatable bonds is 1. The van der Waals surface area contributed by atoms with Gasteiger partial charge in [-0.25, -0.2) is 0 Å². The largest absolute Gasteiger partial charge is 0.327 e. The molecule has 3 atom stereocenters. The second-order valence-electron chi connectivity index (χ2n) is 2.97. The van der Waals surface area contributed by atoms with E-state index < -0.39 is 0 Å². The van der Waals surface area contributed by atoms with Gasteiger partial charge in [-0.3, -0.25) is 0 Å². The first-order valence-electron chi connectivity index (χ1n) is 3.54. The van der Waals surface area contributed by atoms with Gasteiger partial charge in [-0.15, -0.1) is 0 Å². The summed E-state index contributed by atoms with van der Waals surface area (Å²) in [5.41, 5.74) is 13.8. The lowest BCUT2D eigenvalue weighted by atomic mass is 10.1. The third-order valence-corrected chi connectivity index (χ3v) is 2.13. The van der Waals surface area contributed by atoms with Gasteiger partial charge in [-0.2, -0.15) is 0 Å². The maximum Gasteiger partial charge on any atom is 0.0392 e. The summed E-state index contributed by atoms with van der Waals surface area (Å²) in [7, 11) is 0. The Morgan fingerprint density at radius 3 is 2.70 bits per heavy atom. The van der Waals surface area contributed by atoms with Crippen LogP contribution in [0.25, 0.3) is 10.4 Å². The highest BCUT2D eigenvalue weighted by atomic mass is 15.2. The van der Waals surface area contributed by atoms with Crippen molar-refractivity contribution in [3.8, 4) is 0 Å². The summed E-state index contributed by atoms with van der Waals surface area (Å²) in [6.07, 6.45) is 1.80. The summed E-state index contributed by atoms with van der Waals surface area (Å²) >= 11 is 0. The summed E-state index contributed by atoms with van der Waals surface area (Å²) < 4.78 is 0. The molecule has 0 aromatic heterocycles. The SMILES string of the molecule is C[C@H]1C[C@@H](N=[N+]=[N-])C[C@@H]1N. The van der Waals surface area contributed by atoms with Crippen LogP contribution in [0.3, 0.4) is 0 Å². The average molecular weight is 140 g/mol. The first-order valence-corrected chi connectivity index (χ1v) is 3.54. The van der Waals surface area contributed by atoms with E-state index in [1.165, 1.54) is 0 Å². The smallest absolute Gasteiger partial charge is 0.0392 e. The van der Waals surface area contributed by atoms with E-state index in [1.807, 2.05) is 0 Å². The van der Waals surface area contributed by atoms with Crippen LogP contribution in [0.15, 0.2) is 5.11 Å². The van der Waals surface area contributed by atoms with Crippen molar-refractivity contribution in [2.24, 2.45) is 16.8 Å². The Morgan fingerprint density at radius 1 is 1.60 bits per heavy atom. The predicted molar refractivity (Wildman–Crippen MR) is 39.3 cm³/mol. The van der Waals surface area contributed by atoms with Crippen molar-refractivity contribution < 1.29 is 0 Å². The Kier molecular flexibility index (Phi) is 2.14. The van der Waals surface area contributed by atoms with Crippen LogP contribution >= 0.6 is 0 Å². The van der Waals surface area contributed by atoms with Gasteiger partial charge in [0.1, 0.15) is 0 Å². The number of hydrogen-bond acceptors (Lipinski definition) is 2. The molecule has 0 aromatic carbocycles. The van der Waals surface area contributed by atoms with E-state index in [9.17, 15) is 0 Å². The highest BCUT2D eigenvalue weighted by molar-refractivity contribution is 4.87. The van der Waals surface area contributed by atoms with Crippen molar-refractivity contribution in [1.29, 1.82) is 0 Å². The molecule has 4 nitrogen and oxygen atoms in total. The van der Waals surface area contributed by atoms with E-state index in [1.54, 1.807) is 0 Å². The second-order valence-corrected chi connectivity index (χ2v) is 2.97. The molecule has 0 amide bonds. The molecule has 56 valence electrons. The van der Waals surface area contributed by atoms with Gasteiger partial charge in [0.2, 0.25) is 0 Å². The minimum atomic E-state index is 0.148. The van der Waals surface area contributed by atoms with Crippen molar-refractivity contribution in [3.63, 3.8) is 0 Å². The van der Waals surface area contributed by atoms with E-state index in [2.05, 4.69) is 16.9 Å². The number of azide groups is 1. The summed E-state index contributed by atoms with van der Waals surface area (Å²) in [5.74, 6) is 0.510. The summed E-state index contributed by atoms with van der Waals surface area (Å²) in [4.78, 5) is 2.76. The Morgan fingerprint density at radius 2 is 2.30 bits per heavy atom. The molecule has 0 heterocycles. The van der Waals surface area contributed by atoms with Gasteiger partial charge in [0.25, 0.3) is 0 Å². The Labute approximate surface area is 60.0 Å². The van der Waals surface area contributed by atoms with Gasteiger partial charge in [0.15, 0.2) is 0 Å². The molecular weight excluding hydrogens is 128 g/mol. The third-order valence-electron chi connectivity index (χ3n) is 2.13. The van der Waals surface area contributed by atoms with Gasteiger partial charge in [-0.05, 0) is 24.3 Å². The topological polar surface area (TPSA) is 74.8 Å². The van der Waals surface area contributed by atoms with Crippen LogP contribution in [0, 0.1) is 5.92 Å². The molecule has 2 N–H and O–H groups in total. The van der Waals surface area contributed by atoms with Crippen LogP contribution in [-0.2, 0) is 0 Å². The molecule has 0 saturated heterocycles. The zero-order chi connectivity index (χ0) is 7.56. The molecule has 4 heteroatoms. The molecule has 0 spiro atoms. The monoisotopic (exact) mass is 140 g/mol. The van der Waals surface area contributed by atoms with Crippen LogP contribution in [0.5, 0.6) is 0 Å². The molecule has 1 aliphatic rings. The molecular formula is C6H12N4. The zero-order valence-corrected chi connectivity index (χ0v) is 6.07. The summed E-state index contributed by atoms with van der Waals surface area (Å²) in [6, 6.07) is 0.380. The maximum absolute atomic E-state index is 8.12. The lowest BCUT2D eigenvalue weighted by Gasteiger charge is -2.05. The second kappa shape index (κ2) is 2.90. The van der Waals surface area contributed by atoms with E-state index in [4.69, 9.17) is 11.3 Å². The molecule has 1 rings (SSSR count). The van der Waals surface area contributed by atoms with Gasteiger partial charge in [0, 0.05) is 17.0 Å². The Balaban J connectivity index is 2.48. The van der Waals surface area contributed by atoms with Crippen LogP contribution in [0.2, 0.25) is 0 Å². The highest BCUT2D eigenvalue weighted by Gasteiger charge is 2.27. The standard InChI is InChI=1S/C6H12N4/c1-4-2-5(9-10-8)3-6(4)7/h4-6H,2-3,7H2,1H3/t4-,5+,6-/m0/s1. The van der Waals surface area contributed by atoms with Gasteiger partial charge < -0.3 is 5.73 Å². The van der Waals surface area contributed by atoms with E-state index in [0.717, 1.165) is 12.8 Å². The minimum Gasteiger partial charge on any atom is -0.327 e. The van der Waals surface area contributed by atoms with Crippen molar-refractivity contribution in [2.75, 3.05) is 0 Å². The van der Waals surface area contributed by atoms with Crippen molar-refractivity contribution in [2.45, 2.75) is 31.8 Å². The first kappa shape index (κ1) is 7.38. The number of hydrogen-bond donors (Lipinski definition) is 1. The average Bonchev–Trinajstić information content (AvgIpc) is 2.14. The molecule has 0 aromatic rings. The third kappa shape index (κ3) is 1.40. The Hall–Kier alpha value is -0.730. The molecule has 0 bridgehead atoms. The normalized spacial score (nSPS) is 39.2. The van der Waals surface area contributed by atoms with Crippen LogP contribution in [0.4, 0.5) is 0 Å². The van der Waals surface area contributed by atoms with Crippen LogP contribution in [0.1, 0.15) is 19.8 Å². The minimum absolute atomic E-state index is 0.148. The molecule has 1 fully saturated rings.